The Labute approximate surface area is 190 Å². The summed E-state index contributed by atoms with van der Waals surface area (Å²) in [6, 6.07) is 9.46. The number of aliphatic imine (C=N–C) groups is 2. The van der Waals surface area contributed by atoms with Crippen LogP contribution in [-0.4, -0.2) is 44.9 Å². The molecule has 3 atom stereocenters. The molecular weight excluding hydrogens is 431 g/mol. The summed E-state index contributed by atoms with van der Waals surface area (Å²) in [7, 11) is 0. The van der Waals surface area contributed by atoms with Gasteiger partial charge in [0.15, 0.2) is 16.5 Å². The van der Waals surface area contributed by atoms with Crippen LogP contribution in [0.25, 0.3) is 0 Å². The van der Waals surface area contributed by atoms with Gasteiger partial charge >= 0.3 is 0 Å². The van der Waals surface area contributed by atoms with Crippen LogP contribution in [0.1, 0.15) is 0 Å². The van der Waals surface area contributed by atoms with Crippen molar-refractivity contribution in [2.24, 2.45) is 21.6 Å². The summed E-state index contributed by atoms with van der Waals surface area (Å²) in [5.41, 5.74) is 6.35. The lowest BCUT2D eigenvalue weighted by Gasteiger charge is -2.34. The monoisotopic (exact) mass is 456 g/mol. The highest BCUT2D eigenvalue weighted by molar-refractivity contribution is 8.13. The number of halogens is 1. The predicted molar refractivity (Wildman–Crippen MR) is 130 cm³/mol. The van der Waals surface area contributed by atoms with Crippen molar-refractivity contribution in [1.29, 1.82) is 0 Å². The number of amidine groups is 1. The first-order valence-corrected chi connectivity index (χ1v) is 11.8. The number of thioether (sulfide) groups is 1. The molecular formula is C23H25FN4OS2. The molecule has 31 heavy (non-hydrogen) atoms. The predicted octanol–water partition coefficient (Wildman–Crippen LogP) is 4.18. The number of hydrogen-bond donors (Lipinski definition) is 1. The summed E-state index contributed by atoms with van der Waals surface area (Å²) in [5, 5.41) is 0.541. The molecule has 2 aliphatic heterocycles. The van der Waals surface area contributed by atoms with Crippen LogP contribution >= 0.6 is 11.8 Å². The van der Waals surface area contributed by atoms with Gasteiger partial charge in [-0.3, -0.25) is 0 Å². The zero-order valence-electron chi connectivity index (χ0n) is 17.0. The molecule has 0 aromatic heterocycles. The van der Waals surface area contributed by atoms with Crippen LogP contribution in [0, 0.1) is 5.92 Å². The van der Waals surface area contributed by atoms with E-state index in [4.69, 9.17) is 10.7 Å². The molecule has 2 aliphatic rings. The largest absolute Gasteiger partial charge is 0.593 e. The van der Waals surface area contributed by atoms with Crippen LogP contribution in [0.3, 0.4) is 0 Å². The third-order valence-electron chi connectivity index (χ3n) is 5.08. The minimum absolute atomic E-state index is 0.180. The summed E-state index contributed by atoms with van der Waals surface area (Å²) < 4.78 is 26.8. The molecule has 3 rings (SSSR count). The van der Waals surface area contributed by atoms with Gasteiger partial charge in [-0.25, -0.2) is 9.98 Å². The maximum Gasteiger partial charge on any atom is 0.175 e. The van der Waals surface area contributed by atoms with Gasteiger partial charge in [0.1, 0.15) is 5.54 Å². The molecule has 0 saturated carbocycles. The molecule has 1 fully saturated rings. The van der Waals surface area contributed by atoms with Gasteiger partial charge in [-0.1, -0.05) is 73.0 Å². The Morgan fingerprint density at radius 2 is 1.97 bits per heavy atom. The normalized spacial score (nSPS) is 25.9. The quantitative estimate of drug-likeness (QED) is 0.362. The lowest BCUT2D eigenvalue weighted by Crippen LogP contribution is -2.43. The summed E-state index contributed by atoms with van der Waals surface area (Å²) >= 11 is 0.280. The van der Waals surface area contributed by atoms with E-state index in [0.717, 1.165) is 16.2 Å². The minimum Gasteiger partial charge on any atom is -0.593 e. The molecule has 1 aromatic carbocycles. The van der Waals surface area contributed by atoms with Crippen molar-refractivity contribution >= 4 is 34.8 Å². The van der Waals surface area contributed by atoms with Crippen molar-refractivity contribution in [2.75, 3.05) is 18.8 Å². The van der Waals surface area contributed by atoms with E-state index in [1.165, 1.54) is 18.0 Å². The minimum atomic E-state index is -1.26. The Kier molecular flexibility index (Phi) is 8.48. The molecule has 0 bridgehead atoms. The fourth-order valence-corrected chi connectivity index (χ4v) is 5.84. The maximum absolute atomic E-state index is 13.1. The van der Waals surface area contributed by atoms with Crippen LogP contribution in [0.5, 0.6) is 0 Å². The van der Waals surface area contributed by atoms with Gasteiger partial charge in [0.2, 0.25) is 0 Å². The summed E-state index contributed by atoms with van der Waals surface area (Å²) in [4.78, 5) is 8.91. The number of nitrogens with zero attached hydrogens (tertiary/aromatic N) is 3. The first-order chi connectivity index (χ1) is 15.1. The zero-order valence-corrected chi connectivity index (χ0v) is 18.6. The summed E-state index contributed by atoms with van der Waals surface area (Å²) in [6.45, 7) is 5.70. The number of fused-ring (bicyclic) bond motifs is 1. The highest BCUT2D eigenvalue weighted by Gasteiger charge is 2.53. The molecule has 0 amide bonds. The summed E-state index contributed by atoms with van der Waals surface area (Å²) in [6.07, 6.45) is 14.1. The fourth-order valence-electron chi connectivity index (χ4n) is 3.54. The Bertz CT molecular complexity index is 942. The Balaban J connectivity index is 1.71. The van der Waals surface area contributed by atoms with Gasteiger partial charge in [0, 0.05) is 17.9 Å². The van der Waals surface area contributed by atoms with E-state index in [1.54, 1.807) is 12.2 Å². The smallest absolute Gasteiger partial charge is 0.175 e. The molecule has 1 aromatic rings. The molecule has 0 radical (unpaired) electrons. The second-order valence-corrected chi connectivity index (χ2v) is 9.54. The number of allylic oxidation sites excluding steroid dienone is 6. The van der Waals surface area contributed by atoms with Crippen molar-refractivity contribution in [3.05, 3.63) is 91.2 Å². The maximum atomic E-state index is 13.1. The SMILES string of the molecule is C=C(\C=C/C=C/C=C/C=C\N=C\F)[C@]12CN([S+]([O-])c3ccccc3)C[C@H]1CSC(N)=N2. The van der Waals surface area contributed by atoms with Gasteiger partial charge in [-0.2, -0.15) is 4.39 Å². The number of rotatable bonds is 8. The van der Waals surface area contributed by atoms with Crippen LogP contribution in [-0.2, 0) is 11.4 Å². The second kappa shape index (κ2) is 11.3. The Morgan fingerprint density at radius 1 is 1.26 bits per heavy atom. The topological polar surface area (TPSA) is 77.0 Å². The Hall–Kier alpha value is -2.39. The molecule has 1 unspecified atom stereocenters. The van der Waals surface area contributed by atoms with E-state index >= 15 is 0 Å². The standard InChI is InChI=1S/C23H25FN4OS2/c1-19(11-7-4-2-3-5-10-14-26-18-24)23-17-28(15-20(23)16-30-22(25)27-23)31(29)21-12-8-6-9-13-21/h2-14,18,20H,1,15-17H2,(H2,25,27)/b4-2+,5-3+,11-7-,14-10-,26-18+/t20-,23+,31?/m0/s1. The molecule has 5 nitrogen and oxygen atoms in total. The summed E-state index contributed by atoms with van der Waals surface area (Å²) in [5.74, 6) is 0.997. The number of benzene rings is 1. The van der Waals surface area contributed by atoms with E-state index in [2.05, 4.69) is 11.6 Å². The van der Waals surface area contributed by atoms with E-state index < -0.39 is 16.9 Å². The third-order valence-corrected chi connectivity index (χ3v) is 7.45. The van der Waals surface area contributed by atoms with Gasteiger partial charge in [0.05, 0.1) is 24.5 Å². The first-order valence-electron chi connectivity index (χ1n) is 9.74. The van der Waals surface area contributed by atoms with Crippen LogP contribution in [0.2, 0.25) is 0 Å². The van der Waals surface area contributed by atoms with Crippen LogP contribution < -0.4 is 5.73 Å². The van der Waals surface area contributed by atoms with Crippen LogP contribution in [0.4, 0.5) is 4.39 Å². The number of hydrogen-bond acceptors (Lipinski definition) is 6. The van der Waals surface area contributed by atoms with E-state index in [1.807, 2.05) is 65.0 Å². The molecule has 0 spiro atoms. The lowest BCUT2D eigenvalue weighted by atomic mass is 9.82. The van der Waals surface area contributed by atoms with Gasteiger partial charge < -0.3 is 10.3 Å². The molecule has 2 heterocycles. The van der Waals surface area contributed by atoms with Gasteiger partial charge in [0.25, 0.3) is 0 Å². The highest BCUT2D eigenvalue weighted by atomic mass is 32.2. The Morgan fingerprint density at radius 3 is 2.71 bits per heavy atom. The van der Waals surface area contributed by atoms with E-state index in [0.29, 0.717) is 18.3 Å². The second-order valence-electron chi connectivity index (χ2n) is 7.01. The van der Waals surface area contributed by atoms with Crippen molar-refractivity contribution in [3.8, 4) is 0 Å². The van der Waals surface area contributed by atoms with Crippen molar-refractivity contribution in [1.82, 2.24) is 4.31 Å². The number of nitrogens with two attached hydrogens (primary N) is 1. The van der Waals surface area contributed by atoms with Crippen LogP contribution in [0.15, 0.2) is 106 Å². The van der Waals surface area contributed by atoms with Crippen molar-refractivity contribution in [2.45, 2.75) is 10.4 Å². The molecule has 0 aliphatic carbocycles. The van der Waals surface area contributed by atoms with Crippen molar-refractivity contribution in [3.63, 3.8) is 0 Å². The lowest BCUT2D eigenvalue weighted by molar-refractivity contribution is 0.438. The average Bonchev–Trinajstić information content (AvgIpc) is 3.18. The molecule has 8 heteroatoms. The van der Waals surface area contributed by atoms with Gasteiger partial charge in [-0.05, 0) is 23.8 Å². The van der Waals surface area contributed by atoms with E-state index in [9.17, 15) is 8.94 Å². The van der Waals surface area contributed by atoms with E-state index in [-0.39, 0.29) is 12.4 Å². The molecule has 1 saturated heterocycles. The fraction of sp³-hybridized carbons (Fsp3) is 0.217. The zero-order chi connectivity index (χ0) is 22.1. The third kappa shape index (κ3) is 5.86. The first kappa shape index (κ1) is 23.3. The highest BCUT2D eigenvalue weighted by Crippen LogP contribution is 2.44. The molecule has 2 N–H and O–H groups in total. The van der Waals surface area contributed by atoms with Gasteiger partial charge in [-0.15, -0.1) is 4.31 Å². The molecule has 162 valence electrons. The average molecular weight is 457 g/mol. The van der Waals surface area contributed by atoms with Crippen molar-refractivity contribution < 1.29 is 8.94 Å².